The molecule has 0 saturated carbocycles. The average Bonchev–Trinajstić information content (AvgIpc) is 3.03. The lowest BCUT2D eigenvalue weighted by Crippen LogP contribution is -2.40. The fourth-order valence-corrected chi connectivity index (χ4v) is 2.88. The molecular formula is C18H15ClF5N3O. The molecule has 0 saturated heterocycles. The van der Waals surface area contributed by atoms with Crippen LogP contribution in [0.25, 0.3) is 0 Å². The lowest BCUT2D eigenvalue weighted by Gasteiger charge is -2.21. The van der Waals surface area contributed by atoms with Crippen molar-refractivity contribution in [1.29, 1.82) is 0 Å². The van der Waals surface area contributed by atoms with Crippen LogP contribution in [0.1, 0.15) is 22.9 Å². The van der Waals surface area contributed by atoms with Gasteiger partial charge in [-0.05, 0) is 11.1 Å². The van der Waals surface area contributed by atoms with Gasteiger partial charge in [0.1, 0.15) is 6.61 Å². The Kier molecular flexibility index (Phi) is 5.76. The van der Waals surface area contributed by atoms with E-state index in [-0.39, 0.29) is 0 Å². The number of hydrazone groups is 1. The zero-order chi connectivity index (χ0) is 20.4. The van der Waals surface area contributed by atoms with Crippen molar-refractivity contribution >= 4 is 17.6 Å². The molecule has 28 heavy (non-hydrogen) atoms. The molecule has 0 spiro atoms. The summed E-state index contributed by atoms with van der Waals surface area (Å²) in [6, 6.07) is 15.7. The van der Waals surface area contributed by atoms with Crippen LogP contribution >= 0.6 is 11.8 Å². The first-order chi connectivity index (χ1) is 13.2. The topological polar surface area (TPSA) is 36.9 Å². The fourth-order valence-electron chi connectivity index (χ4n) is 2.59. The minimum Gasteiger partial charge on any atom is -0.370 e. The van der Waals surface area contributed by atoms with Crippen molar-refractivity contribution in [3.05, 3.63) is 71.3 Å². The van der Waals surface area contributed by atoms with Gasteiger partial charge in [-0.3, -0.25) is 5.43 Å². The molecule has 0 aliphatic carbocycles. The first kappa shape index (κ1) is 20.3. The van der Waals surface area contributed by atoms with Gasteiger partial charge in [0.25, 0.3) is 0 Å². The Bertz CT molecular complexity index is 845. The van der Waals surface area contributed by atoms with Gasteiger partial charge < -0.3 is 4.74 Å². The number of hydrogen-bond acceptors (Lipinski definition) is 4. The van der Waals surface area contributed by atoms with Gasteiger partial charge in [-0.15, -0.1) is 0 Å². The zero-order valence-corrected chi connectivity index (χ0v) is 15.0. The SMILES string of the molecule is FC(F)(F)C(F)(F)COCc1ccccc1C1=NNC(c2ccccc2)N1Cl. The fraction of sp³-hybridized carbons (Fsp3) is 0.278. The van der Waals surface area contributed by atoms with Crippen LogP contribution < -0.4 is 5.43 Å². The van der Waals surface area contributed by atoms with E-state index in [1.165, 1.54) is 4.42 Å². The number of nitrogens with zero attached hydrogens (tertiary/aromatic N) is 2. The molecule has 3 rings (SSSR count). The first-order valence-corrected chi connectivity index (χ1v) is 8.48. The second-order valence-corrected chi connectivity index (χ2v) is 6.41. The lowest BCUT2D eigenvalue weighted by molar-refractivity contribution is -0.297. The van der Waals surface area contributed by atoms with Crippen molar-refractivity contribution < 1.29 is 26.7 Å². The maximum atomic E-state index is 13.0. The molecule has 1 heterocycles. The molecule has 0 aromatic heterocycles. The molecule has 150 valence electrons. The Morgan fingerprint density at radius 1 is 1.00 bits per heavy atom. The number of rotatable bonds is 6. The molecule has 2 aromatic rings. The summed E-state index contributed by atoms with van der Waals surface area (Å²) in [5.74, 6) is -4.62. The molecule has 4 nitrogen and oxygen atoms in total. The third kappa shape index (κ3) is 4.20. The Labute approximate surface area is 162 Å². The summed E-state index contributed by atoms with van der Waals surface area (Å²) in [5, 5.41) is 4.18. The first-order valence-electron chi connectivity index (χ1n) is 8.14. The van der Waals surface area contributed by atoms with Crippen molar-refractivity contribution in [1.82, 2.24) is 9.84 Å². The molecule has 10 heteroatoms. The number of nitrogens with one attached hydrogen (secondary N) is 1. The van der Waals surface area contributed by atoms with Gasteiger partial charge in [-0.2, -0.15) is 27.1 Å². The second kappa shape index (κ2) is 7.92. The molecule has 0 bridgehead atoms. The summed E-state index contributed by atoms with van der Waals surface area (Å²) in [6.45, 7) is -2.23. The molecule has 1 aliphatic rings. The highest BCUT2D eigenvalue weighted by Gasteiger charge is 2.57. The maximum absolute atomic E-state index is 13.0. The summed E-state index contributed by atoms with van der Waals surface area (Å²) in [6.07, 6.45) is -6.12. The van der Waals surface area contributed by atoms with E-state index >= 15 is 0 Å². The molecule has 2 aromatic carbocycles. The molecule has 0 amide bonds. The normalized spacial score (nSPS) is 17.4. The van der Waals surface area contributed by atoms with Crippen molar-refractivity contribution in [2.75, 3.05) is 6.61 Å². The van der Waals surface area contributed by atoms with Crippen molar-refractivity contribution in [3.63, 3.8) is 0 Å². The summed E-state index contributed by atoms with van der Waals surface area (Å²) in [4.78, 5) is 0. The standard InChI is InChI=1S/C18H15ClF5N3O/c19-27-15(12-6-2-1-3-7-12)25-26-16(27)14-9-5-4-8-13(14)10-28-11-17(20,21)18(22,23)24/h1-9,15,25H,10-11H2. The van der Waals surface area contributed by atoms with Crippen molar-refractivity contribution in [2.24, 2.45) is 5.10 Å². The minimum absolute atomic E-state index is 0.303. The number of alkyl halides is 5. The summed E-state index contributed by atoms with van der Waals surface area (Å²) in [7, 11) is 0. The Morgan fingerprint density at radius 3 is 2.32 bits per heavy atom. The molecule has 1 aliphatic heterocycles. The average molecular weight is 420 g/mol. The summed E-state index contributed by atoms with van der Waals surface area (Å²) in [5.41, 5.74) is 4.55. The highest BCUT2D eigenvalue weighted by atomic mass is 35.5. The third-order valence-corrected chi connectivity index (χ3v) is 4.41. The largest absolute Gasteiger partial charge is 0.455 e. The van der Waals surface area contributed by atoms with E-state index in [9.17, 15) is 22.0 Å². The molecule has 1 unspecified atom stereocenters. The van der Waals surface area contributed by atoms with Gasteiger partial charge in [-0.1, -0.05) is 54.6 Å². The van der Waals surface area contributed by atoms with Gasteiger partial charge in [0.2, 0.25) is 0 Å². The number of benzene rings is 2. The number of hydrogen-bond donors (Lipinski definition) is 1. The van der Waals surface area contributed by atoms with Crippen molar-refractivity contribution in [2.45, 2.75) is 24.9 Å². The minimum atomic E-state index is -5.66. The van der Waals surface area contributed by atoms with E-state index in [4.69, 9.17) is 11.8 Å². The molecule has 1 atom stereocenters. The van der Waals surface area contributed by atoms with E-state index in [0.29, 0.717) is 17.0 Å². The van der Waals surface area contributed by atoms with E-state index in [0.717, 1.165) is 5.56 Å². The van der Waals surface area contributed by atoms with Gasteiger partial charge in [0.15, 0.2) is 12.0 Å². The van der Waals surface area contributed by atoms with Crippen LogP contribution in [0.3, 0.4) is 0 Å². The Hall–Kier alpha value is -2.39. The predicted octanol–water partition coefficient (Wildman–Crippen LogP) is 4.82. The Balaban J connectivity index is 1.73. The highest BCUT2D eigenvalue weighted by molar-refractivity contribution is 6.26. The lowest BCUT2D eigenvalue weighted by atomic mass is 10.1. The predicted molar refractivity (Wildman–Crippen MR) is 93.6 cm³/mol. The molecular weight excluding hydrogens is 405 g/mol. The maximum Gasteiger partial charge on any atom is 0.455 e. The van der Waals surface area contributed by atoms with Crippen LogP contribution in [0.4, 0.5) is 22.0 Å². The summed E-state index contributed by atoms with van der Waals surface area (Å²) < 4.78 is 68.8. The smallest absolute Gasteiger partial charge is 0.370 e. The van der Waals surface area contributed by atoms with Crippen LogP contribution in [0.5, 0.6) is 0 Å². The molecule has 0 fully saturated rings. The Morgan fingerprint density at radius 2 is 1.64 bits per heavy atom. The van der Waals surface area contributed by atoms with Gasteiger partial charge in [0, 0.05) is 17.3 Å². The highest BCUT2D eigenvalue weighted by Crippen LogP contribution is 2.36. The van der Waals surface area contributed by atoms with Gasteiger partial charge in [0.05, 0.1) is 6.61 Å². The zero-order valence-electron chi connectivity index (χ0n) is 14.3. The van der Waals surface area contributed by atoms with E-state index in [1.54, 1.807) is 24.3 Å². The number of ether oxygens (including phenoxy) is 1. The van der Waals surface area contributed by atoms with Crippen molar-refractivity contribution in [3.8, 4) is 0 Å². The third-order valence-electron chi connectivity index (χ3n) is 4.05. The van der Waals surface area contributed by atoms with Crippen LogP contribution in [0, 0.1) is 0 Å². The monoisotopic (exact) mass is 419 g/mol. The number of amidine groups is 1. The van der Waals surface area contributed by atoms with E-state index in [2.05, 4.69) is 15.3 Å². The molecule has 1 N–H and O–H groups in total. The van der Waals surface area contributed by atoms with Gasteiger partial charge in [-0.25, -0.2) is 4.42 Å². The van der Waals surface area contributed by atoms with Crippen LogP contribution in [-0.2, 0) is 11.3 Å². The quantitative estimate of drug-likeness (QED) is 0.539. The van der Waals surface area contributed by atoms with Crippen LogP contribution in [0.15, 0.2) is 59.7 Å². The van der Waals surface area contributed by atoms with Crippen LogP contribution in [-0.4, -0.2) is 29.0 Å². The van der Waals surface area contributed by atoms with Gasteiger partial charge >= 0.3 is 12.1 Å². The van der Waals surface area contributed by atoms with Crippen LogP contribution in [0.2, 0.25) is 0 Å². The second-order valence-electron chi connectivity index (χ2n) is 6.04. The summed E-state index contributed by atoms with van der Waals surface area (Å²) >= 11 is 6.38. The van der Waals surface area contributed by atoms with E-state index in [1.807, 2.05) is 30.3 Å². The van der Waals surface area contributed by atoms with E-state index < -0.39 is 31.5 Å². The number of halogens is 6. The molecule has 0 radical (unpaired) electrons.